The Kier molecular flexibility index (Phi) is 9.11. The average molecular weight is 527 g/mol. The molecule has 5 N–H and O–H groups in total. The fraction of sp³-hybridized carbons (Fsp3) is 0.333. The first-order valence-corrected chi connectivity index (χ1v) is 12.7. The third-order valence-electron chi connectivity index (χ3n) is 6.68. The first-order valence-electron chi connectivity index (χ1n) is 12.7. The molecule has 0 aliphatic rings. The van der Waals surface area contributed by atoms with Gasteiger partial charge in [0.15, 0.2) is 0 Å². The molecular formula is C30H35FN8. The highest BCUT2D eigenvalue weighted by molar-refractivity contribution is 5.99. The molecule has 0 aliphatic carbocycles. The minimum atomic E-state index is -0.588. The Bertz CT molecular complexity index is 1470. The molecule has 9 heteroatoms. The number of rotatable bonds is 10. The molecule has 0 bridgehead atoms. The van der Waals surface area contributed by atoms with Gasteiger partial charge >= 0.3 is 0 Å². The molecule has 0 aliphatic heterocycles. The Morgan fingerprint density at radius 3 is 2.51 bits per heavy atom. The van der Waals surface area contributed by atoms with E-state index in [0.29, 0.717) is 56.9 Å². The van der Waals surface area contributed by atoms with Gasteiger partial charge in [-0.3, -0.25) is 4.98 Å². The van der Waals surface area contributed by atoms with Gasteiger partial charge in [0, 0.05) is 47.3 Å². The summed E-state index contributed by atoms with van der Waals surface area (Å²) in [5, 5.41) is 30.5. The van der Waals surface area contributed by atoms with Gasteiger partial charge in [-0.05, 0) is 43.9 Å². The van der Waals surface area contributed by atoms with Gasteiger partial charge in [0.1, 0.15) is 12.1 Å². The Labute approximate surface area is 229 Å². The number of nitrogens with two attached hydrogens (primary N) is 1. The number of anilines is 2. The van der Waals surface area contributed by atoms with Crippen molar-refractivity contribution in [3.63, 3.8) is 0 Å². The smallest absolute Gasteiger partial charge is 0.213 e. The zero-order chi connectivity index (χ0) is 28.7. The summed E-state index contributed by atoms with van der Waals surface area (Å²) in [6.07, 6.45) is 5.74. The van der Waals surface area contributed by atoms with E-state index >= 15 is 0 Å². The molecule has 0 saturated heterocycles. The largest absolute Gasteiger partial charge is 0.399 e. The van der Waals surface area contributed by atoms with E-state index in [1.54, 1.807) is 31.3 Å². The average Bonchev–Trinajstić information content (AvgIpc) is 2.89. The van der Waals surface area contributed by atoms with Crippen LogP contribution in [0.3, 0.4) is 0 Å². The van der Waals surface area contributed by atoms with Gasteiger partial charge in [0.25, 0.3) is 0 Å². The molecule has 2 heterocycles. The minimum absolute atomic E-state index is 0.0123. The van der Waals surface area contributed by atoms with Crippen LogP contribution >= 0.6 is 0 Å². The molecule has 0 radical (unpaired) electrons. The lowest BCUT2D eigenvalue weighted by atomic mass is 9.87. The Balaban J connectivity index is 2.17. The van der Waals surface area contributed by atoms with Crippen molar-refractivity contribution in [1.29, 1.82) is 10.5 Å². The van der Waals surface area contributed by atoms with E-state index in [-0.39, 0.29) is 11.5 Å². The van der Waals surface area contributed by atoms with Crippen LogP contribution in [0.4, 0.5) is 15.8 Å². The van der Waals surface area contributed by atoms with Gasteiger partial charge in [0.2, 0.25) is 5.95 Å². The lowest BCUT2D eigenvalue weighted by Crippen LogP contribution is -2.31. The van der Waals surface area contributed by atoms with Gasteiger partial charge in [-0.25, -0.2) is 4.98 Å². The quantitative estimate of drug-likeness (QED) is 0.148. The number of hydrogen-bond acceptors (Lipinski definition) is 8. The molecular weight excluding hydrogens is 491 g/mol. The lowest BCUT2D eigenvalue weighted by molar-refractivity contribution is 0.359. The van der Waals surface area contributed by atoms with Gasteiger partial charge in [-0.1, -0.05) is 32.9 Å². The van der Waals surface area contributed by atoms with E-state index in [4.69, 9.17) is 5.73 Å². The molecule has 2 aromatic heterocycles. The molecule has 3 rings (SSSR count). The zero-order valence-electron chi connectivity index (χ0n) is 23.1. The van der Waals surface area contributed by atoms with E-state index < -0.39 is 12.0 Å². The molecule has 0 amide bonds. The van der Waals surface area contributed by atoms with Crippen molar-refractivity contribution >= 4 is 22.3 Å². The van der Waals surface area contributed by atoms with Crippen LogP contribution in [0, 0.1) is 40.9 Å². The highest BCUT2D eigenvalue weighted by atomic mass is 19.1. The summed E-state index contributed by atoms with van der Waals surface area (Å²) < 4.78 is 13.8. The van der Waals surface area contributed by atoms with Gasteiger partial charge in [-0.15, -0.1) is 6.58 Å². The van der Waals surface area contributed by atoms with Crippen molar-refractivity contribution in [3.8, 4) is 12.1 Å². The summed E-state index contributed by atoms with van der Waals surface area (Å²) >= 11 is 0. The van der Waals surface area contributed by atoms with Crippen LogP contribution in [-0.4, -0.2) is 22.6 Å². The maximum absolute atomic E-state index is 13.8. The van der Waals surface area contributed by atoms with E-state index in [1.165, 1.54) is 12.3 Å². The number of nitriles is 2. The van der Waals surface area contributed by atoms with Crippen molar-refractivity contribution in [2.45, 2.75) is 53.1 Å². The molecule has 202 valence electrons. The first-order chi connectivity index (χ1) is 18.5. The number of halogens is 1. The summed E-state index contributed by atoms with van der Waals surface area (Å²) in [7, 11) is 0. The van der Waals surface area contributed by atoms with E-state index in [2.05, 4.69) is 65.4 Å². The highest BCUT2D eigenvalue weighted by Gasteiger charge is 2.24. The Morgan fingerprint density at radius 1 is 1.18 bits per heavy atom. The van der Waals surface area contributed by atoms with Gasteiger partial charge in [0.05, 0.1) is 34.1 Å². The maximum Gasteiger partial charge on any atom is 0.213 e. The first kappa shape index (κ1) is 28.9. The fourth-order valence-corrected chi connectivity index (χ4v) is 3.96. The number of fused-ring (bicyclic) bond motifs is 1. The van der Waals surface area contributed by atoms with Crippen LogP contribution in [0.1, 0.15) is 62.5 Å². The molecule has 0 fully saturated rings. The second-order valence-electron chi connectivity index (χ2n) is 10.5. The van der Waals surface area contributed by atoms with Crippen LogP contribution in [0.25, 0.3) is 10.9 Å². The number of hydrogen-bond donors (Lipinski definition) is 4. The molecule has 2 atom stereocenters. The number of benzene rings is 1. The van der Waals surface area contributed by atoms with E-state index in [0.717, 1.165) is 6.42 Å². The molecule has 1 aromatic carbocycles. The van der Waals surface area contributed by atoms with Crippen LogP contribution in [0.15, 0.2) is 55.0 Å². The normalized spacial score (nSPS) is 13.2. The summed E-state index contributed by atoms with van der Waals surface area (Å²) in [6.45, 7) is 14.5. The number of pyridine rings is 2. The second-order valence-corrected chi connectivity index (χ2v) is 10.5. The Morgan fingerprint density at radius 2 is 1.90 bits per heavy atom. The van der Waals surface area contributed by atoms with Crippen LogP contribution in [-0.2, 0) is 0 Å². The number of aromatic nitrogens is 2. The molecule has 8 nitrogen and oxygen atoms in total. The third-order valence-corrected chi connectivity index (χ3v) is 6.68. The van der Waals surface area contributed by atoms with Gasteiger partial charge < -0.3 is 21.7 Å². The summed E-state index contributed by atoms with van der Waals surface area (Å²) in [5.74, 6) is -0.585. The van der Waals surface area contributed by atoms with Crippen molar-refractivity contribution in [2.24, 2.45) is 11.1 Å². The molecule has 3 aromatic rings. The van der Waals surface area contributed by atoms with Gasteiger partial charge in [-0.2, -0.15) is 14.9 Å². The molecule has 0 saturated carbocycles. The van der Waals surface area contributed by atoms with Crippen molar-refractivity contribution in [3.05, 3.63) is 83.3 Å². The van der Waals surface area contributed by atoms with E-state index in [9.17, 15) is 14.9 Å². The molecule has 0 spiro atoms. The molecule has 0 unspecified atom stereocenters. The van der Waals surface area contributed by atoms with Crippen molar-refractivity contribution < 1.29 is 4.39 Å². The second kappa shape index (κ2) is 12.3. The summed E-state index contributed by atoms with van der Waals surface area (Å²) in [6, 6.07) is 10.3. The third kappa shape index (κ3) is 6.82. The van der Waals surface area contributed by atoms with E-state index in [1.807, 2.05) is 13.0 Å². The Hall–Kier alpha value is -4.63. The maximum atomic E-state index is 13.8. The highest BCUT2D eigenvalue weighted by Crippen LogP contribution is 2.35. The van der Waals surface area contributed by atoms with Crippen molar-refractivity contribution in [1.82, 2.24) is 15.3 Å². The minimum Gasteiger partial charge on any atom is -0.399 e. The number of nitrogens with one attached hydrogen (secondary N) is 3. The molecule has 39 heavy (non-hydrogen) atoms. The van der Waals surface area contributed by atoms with Crippen molar-refractivity contribution in [2.75, 3.05) is 17.2 Å². The summed E-state index contributed by atoms with van der Waals surface area (Å²) in [4.78, 5) is 8.40. The monoisotopic (exact) mass is 526 g/mol. The predicted octanol–water partition coefficient (Wildman–Crippen LogP) is 5.79. The number of nitrogens with zero attached hydrogens (tertiary/aromatic N) is 4. The fourth-order valence-electron chi connectivity index (χ4n) is 3.96. The summed E-state index contributed by atoms with van der Waals surface area (Å²) in [5.41, 5.74) is 10.4. The van der Waals surface area contributed by atoms with Crippen LogP contribution < -0.4 is 21.7 Å². The topological polar surface area (TPSA) is 135 Å². The lowest BCUT2D eigenvalue weighted by Gasteiger charge is -2.30. The van der Waals surface area contributed by atoms with Crippen LogP contribution in [0.2, 0.25) is 0 Å². The SMILES string of the molecule is C=CCCN/C=C(\N)[C@@H](Nc1cc(C#N)c2ncc(C#N)c(N[C@H](C)C(C)(C)C)c2c1)c1ccc(F)nc1C. The van der Waals surface area contributed by atoms with Crippen LogP contribution in [0.5, 0.6) is 0 Å². The number of aryl methyl sites for hydroxylation is 1. The standard InChI is InChI=1S/C30H35FN8/c1-7-8-11-35-17-25(34)29(23-9-10-26(31)37-18(23)2)39-22-12-20(14-32)27-24(13-22)28(21(15-33)16-36-27)38-19(3)30(4,5)6/h7,9-10,12-13,16-17,19,29,35,39H,1,8,11,34H2,2-6H3,(H,36,38)/b25-17-/t19-,29+/m1/s1. The predicted molar refractivity (Wildman–Crippen MR) is 154 cm³/mol. The zero-order valence-corrected chi connectivity index (χ0v) is 23.1.